The molecule has 2 aromatic rings. The Bertz CT molecular complexity index is 641. The number of nitrogens with zero attached hydrogens (tertiary/aromatic N) is 3. The molecule has 3 rings (SSSR count). The number of benzene rings is 1. The van der Waals surface area contributed by atoms with Crippen LogP contribution in [0.1, 0.15) is 5.56 Å². The Kier molecular flexibility index (Phi) is 5.05. The summed E-state index contributed by atoms with van der Waals surface area (Å²) in [6.45, 7) is 2.60. The summed E-state index contributed by atoms with van der Waals surface area (Å²) in [6.07, 6.45) is 4.45. The maximum Gasteiger partial charge on any atom is 0.238 e. The fourth-order valence-corrected chi connectivity index (χ4v) is 2.81. The summed E-state index contributed by atoms with van der Waals surface area (Å²) in [5, 5.41) is 6.91. The van der Waals surface area contributed by atoms with Crippen molar-refractivity contribution >= 4 is 11.6 Å². The molecule has 1 atom stereocenters. The number of nitrogens with one attached hydrogen (secondary N) is 1. The number of anilines is 1. The summed E-state index contributed by atoms with van der Waals surface area (Å²) in [4.78, 5) is 14.3. The first-order valence-corrected chi connectivity index (χ1v) is 7.85. The lowest BCUT2D eigenvalue weighted by Crippen LogP contribution is -2.46. The Hall–Kier alpha value is -2.18. The zero-order valence-electron chi connectivity index (χ0n) is 13.3. The Balaban J connectivity index is 1.49. The van der Waals surface area contributed by atoms with E-state index in [1.165, 1.54) is 5.56 Å². The van der Waals surface area contributed by atoms with Gasteiger partial charge in [-0.25, -0.2) is 0 Å². The van der Waals surface area contributed by atoms with E-state index in [9.17, 15) is 4.79 Å². The molecular weight excluding hydrogens is 292 g/mol. The monoisotopic (exact) mass is 314 g/mol. The highest BCUT2D eigenvalue weighted by Crippen LogP contribution is 2.12. The van der Waals surface area contributed by atoms with Gasteiger partial charge in [-0.3, -0.25) is 14.4 Å². The normalized spacial score (nSPS) is 18.7. The predicted molar refractivity (Wildman–Crippen MR) is 88.2 cm³/mol. The van der Waals surface area contributed by atoms with Crippen LogP contribution in [0.3, 0.4) is 0 Å². The number of aryl methyl sites for hydroxylation is 1. The predicted octanol–water partition coefficient (Wildman–Crippen LogP) is 1.30. The van der Waals surface area contributed by atoms with E-state index in [4.69, 9.17) is 4.74 Å². The third-order valence-corrected chi connectivity index (χ3v) is 3.88. The number of carbonyl (C=O) groups is 1. The number of amides is 1. The van der Waals surface area contributed by atoms with Gasteiger partial charge in [0.05, 0.1) is 31.1 Å². The first kappa shape index (κ1) is 15.7. The van der Waals surface area contributed by atoms with E-state index in [1.807, 2.05) is 25.2 Å². The number of ether oxygens (including phenoxy) is 1. The molecule has 1 N–H and O–H groups in total. The highest BCUT2D eigenvalue weighted by atomic mass is 16.5. The summed E-state index contributed by atoms with van der Waals surface area (Å²) < 4.78 is 7.50. The minimum Gasteiger partial charge on any atom is -0.375 e. The largest absolute Gasteiger partial charge is 0.375 e. The average Bonchev–Trinajstić information content (AvgIpc) is 2.93. The molecule has 0 radical (unpaired) electrons. The number of rotatable bonds is 5. The van der Waals surface area contributed by atoms with Crippen LogP contribution >= 0.6 is 0 Å². The fraction of sp³-hybridized carbons (Fsp3) is 0.412. The quantitative estimate of drug-likeness (QED) is 0.904. The molecule has 1 unspecified atom stereocenters. The molecule has 1 fully saturated rings. The van der Waals surface area contributed by atoms with Crippen molar-refractivity contribution in [3.05, 3.63) is 48.3 Å². The summed E-state index contributed by atoms with van der Waals surface area (Å²) in [7, 11) is 1.83. The Labute approximate surface area is 136 Å². The van der Waals surface area contributed by atoms with Gasteiger partial charge in [0.25, 0.3) is 0 Å². The Morgan fingerprint density at radius 2 is 2.22 bits per heavy atom. The molecule has 1 amide bonds. The van der Waals surface area contributed by atoms with Crippen molar-refractivity contribution in [2.24, 2.45) is 7.05 Å². The van der Waals surface area contributed by atoms with Crippen molar-refractivity contribution < 1.29 is 9.53 Å². The van der Waals surface area contributed by atoms with Crippen molar-refractivity contribution in [2.75, 3.05) is 31.6 Å². The van der Waals surface area contributed by atoms with Crippen LogP contribution in [-0.2, 0) is 23.0 Å². The van der Waals surface area contributed by atoms with Crippen LogP contribution in [0.4, 0.5) is 5.69 Å². The van der Waals surface area contributed by atoms with E-state index >= 15 is 0 Å². The fourth-order valence-electron chi connectivity index (χ4n) is 2.81. The molecule has 122 valence electrons. The van der Waals surface area contributed by atoms with Crippen molar-refractivity contribution in [3.8, 4) is 0 Å². The Morgan fingerprint density at radius 1 is 1.39 bits per heavy atom. The summed E-state index contributed by atoms with van der Waals surface area (Å²) in [6, 6.07) is 10.3. The Morgan fingerprint density at radius 3 is 2.96 bits per heavy atom. The molecule has 0 saturated carbocycles. The molecule has 6 heteroatoms. The summed E-state index contributed by atoms with van der Waals surface area (Å²) in [5.74, 6) is -0.0154. The van der Waals surface area contributed by atoms with Gasteiger partial charge in [-0.2, -0.15) is 5.10 Å². The van der Waals surface area contributed by atoms with Crippen LogP contribution in [0.25, 0.3) is 0 Å². The second-order valence-corrected chi connectivity index (χ2v) is 5.87. The molecular formula is C17H22N4O2. The first-order valence-electron chi connectivity index (χ1n) is 7.85. The van der Waals surface area contributed by atoms with Crippen molar-refractivity contribution in [3.63, 3.8) is 0 Å². The maximum atomic E-state index is 12.1. The lowest BCUT2D eigenvalue weighted by atomic mass is 10.1. The third-order valence-electron chi connectivity index (χ3n) is 3.88. The molecule has 0 spiro atoms. The molecule has 1 aliphatic heterocycles. The molecule has 6 nitrogen and oxygen atoms in total. The van der Waals surface area contributed by atoms with E-state index in [0.717, 1.165) is 25.2 Å². The average molecular weight is 314 g/mol. The highest BCUT2D eigenvalue weighted by Gasteiger charge is 2.22. The molecule has 2 heterocycles. The number of carbonyl (C=O) groups excluding carboxylic acids is 1. The van der Waals surface area contributed by atoms with E-state index in [0.29, 0.717) is 13.2 Å². The zero-order valence-corrected chi connectivity index (χ0v) is 13.3. The van der Waals surface area contributed by atoms with Crippen molar-refractivity contribution in [1.82, 2.24) is 14.7 Å². The van der Waals surface area contributed by atoms with Gasteiger partial charge < -0.3 is 10.1 Å². The van der Waals surface area contributed by atoms with Crippen molar-refractivity contribution in [1.29, 1.82) is 0 Å². The standard InChI is InChI=1S/C17H22N4O2/c1-20-11-15(10-18-20)19-17(22)13-21-7-8-23-16(12-21)9-14-5-3-2-4-6-14/h2-6,10-11,16H,7-9,12-13H2,1H3,(H,19,22). The molecule has 0 aliphatic carbocycles. The topological polar surface area (TPSA) is 59.4 Å². The van der Waals surface area contributed by atoms with Gasteiger partial charge in [0, 0.05) is 26.3 Å². The SMILES string of the molecule is Cn1cc(NC(=O)CN2CCOC(Cc3ccccc3)C2)cn1. The van der Waals surface area contributed by atoms with Gasteiger partial charge in [0.15, 0.2) is 0 Å². The number of hydrogen-bond acceptors (Lipinski definition) is 4. The van der Waals surface area contributed by atoms with E-state index in [-0.39, 0.29) is 12.0 Å². The minimum absolute atomic E-state index is 0.0154. The van der Waals surface area contributed by atoms with Gasteiger partial charge in [-0.1, -0.05) is 30.3 Å². The lowest BCUT2D eigenvalue weighted by Gasteiger charge is -2.32. The number of aromatic nitrogens is 2. The maximum absolute atomic E-state index is 12.1. The van der Waals surface area contributed by atoms with Gasteiger partial charge in [-0.05, 0) is 12.0 Å². The van der Waals surface area contributed by atoms with E-state index in [1.54, 1.807) is 17.1 Å². The molecule has 0 bridgehead atoms. The number of morpholine rings is 1. The zero-order chi connectivity index (χ0) is 16.1. The first-order chi connectivity index (χ1) is 11.2. The molecule has 1 aromatic carbocycles. The van der Waals surface area contributed by atoms with Gasteiger partial charge in [0.1, 0.15) is 0 Å². The number of hydrogen-bond donors (Lipinski definition) is 1. The van der Waals surface area contributed by atoms with Crippen LogP contribution in [0, 0.1) is 0 Å². The van der Waals surface area contributed by atoms with Crippen LogP contribution < -0.4 is 5.32 Å². The van der Waals surface area contributed by atoms with Crippen LogP contribution in [-0.4, -0.2) is 52.9 Å². The lowest BCUT2D eigenvalue weighted by molar-refractivity contribution is -0.119. The smallest absolute Gasteiger partial charge is 0.238 e. The summed E-state index contributed by atoms with van der Waals surface area (Å²) >= 11 is 0. The molecule has 1 saturated heterocycles. The van der Waals surface area contributed by atoms with E-state index in [2.05, 4.69) is 27.4 Å². The highest BCUT2D eigenvalue weighted by molar-refractivity contribution is 5.91. The second kappa shape index (κ2) is 7.39. The van der Waals surface area contributed by atoms with Crippen LogP contribution in [0.15, 0.2) is 42.7 Å². The third kappa shape index (κ3) is 4.64. The molecule has 1 aromatic heterocycles. The van der Waals surface area contributed by atoms with Crippen molar-refractivity contribution in [2.45, 2.75) is 12.5 Å². The van der Waals surface area contributed by atoms with Crippen LogP contribution in [0.5, 0.6) is 0 Å². The molecule has 1 aliphatic rings. The molecule has 23 heavy (non-hydrogen) atoms. The second-order valence-electron chi connectivity index (χ2n) is 5.87. The van der Waals surface area contributed by atoms with Gasteiger partial charge >= 0.3 is 0 Å². The van der Waals surface area contributed by atoms with Gasteiger partial charge in [0.2, 0.25) is 5.91 Å². The van der Waals surface area contributed by atoms with E-state index < -0.39 is 0 Å². The summed E-state index contributed by atoms with van der Waals surface area (Å²) in [5.41, 5.74) is 1.99. The van der Waals surface area contributed by atoms with Gasteiger partial charge in [-0.15, -0.1) is 0 Å². The minimum atomic E-state index is -0.0154. The van der Waals surface area contributed by atoms with Crippen LogP contribution in [0.2, 0.25) is 0 Å².